The van der Waals surface area contributed by atoms with Gasteiger partial charge < -0.3 is 5.11 Å². The maximum atomic E-state index is 13.1. The van der Waals surface area contributed by atoms with Gasteiger partial charge in [0.05, 0.1) is 5.56 Å². The smallest absolute Gasteiger partial charge is 0.335 e. The van der Waals surface area contributed by atoms with Crippen LogP contribution >= 0.6 is 11.8 Å². The SMILES string of the molecule is Cc1ccc(C(=O)O)cc1SCc1cccc(F)c1. The second-order valence-electron chi connectivity index (χ2n) is 4.20. The van der Waals surface area contributed by atoms with Crippen LogP contribution in [-0.4, -0.2) is 11.1 Å². The van der Waals surface area contributed by atoms with Crippen molar-refractivity contribution in [2.75, 3.05) is 0 Å². The highest BCUT2D eigenvalue weighted by Crippen LogP contribution is 2.27. The first-order valence-corrected chi connectivity index (χ1v) is 6.76. The molecular formula is C15H13FO2S. The highest BCUT2D eigenvalue weighted by molar-refractivity contribution is 7.98. The summed E-state index contributed by atoms with van der Waals surface area (Å²) in [4.78, 5) is 11.8. The Morgan fingerprint density at radius 3 is 2.74 bits per heavy atom. The summed E-state index contributed by atoms with van der Waals surface area (Å²) in [5.74, 6) is -0.580. The lowest BCUT2D eigenvalue weighted by Gasteiger charge is -2.07. The normalized spacial score (nSPS) is 10.4. The van der Waals surface area contributed by atoms with Gasteiger partial charge in [-0.2, -0.15) is 0 Å². The van der Waals surface area contributed by atoms with E-state index in [0.717, 1.165) is 16.0 Å². The molecule has 0 aliphatic carbocycles. The Hall–Kier alpha value is -1.81. The molecule has 2 aromatic carbocycles. The molecule has 0 aliphatic heterocycles. The number of benzene rings is 2. The summed E-state index contributed by atoms with van der Waals surface area (Å²) in [7, 11) is 0. The quantitative estimate of drug-likeness (QED) is 0.853. The predicted octanol–water partition coefficient (Wildman–Crippen LogP) is 4.12. The molecule has 4 heteroatoms. The summed E-state index contributed by atoms with van der Waals surface area (Å²) in [5.41, 5.74) is 2.17. The third kappa shape index (κ3) is 3.58. The monoisotopic (exact) mass is 276 g/mol. The molecule has 0 spiro atoms. The van der Waals surface area contributed by atoms with Crippen LogP contribution in [0, 0.1) is 12.7 Å². The number of carboxylic acid groups (broad SMARTS) is 1. The van der Waals surface area contributed by atoms with Crippen LogP contribution in [0.1, 0.15) is 21.5 Å². The maximum absolute atomic E-state index is 13.1. The van der Waals surface area contributed by atoms with E-state index in [4.69, 9.17) is 5.11 Å². The van der Waals surface area contributed by atoms with Gasteiger partial charge in [-0.3, -0.25) is 0 Å². The Bertz CT molecular complexity index is 611. The predicted molar refractivity (Wildman–Crippen MR) is 74.1 cm³/mol. The minimum Gasteiger partial charge on any atom is -0.478 e. The Labute approximate surface area is 115 Å². The van der Waals surface area contributed by atoms with Crippen LogP contribution in [0.3, 0.4) is 0 Å². The summed E-state index contributed by atoms with van der Waals surface area (Å²) >= 11 is 1.51. The second-order valence-corrected chi connectivity index (χ2v) is 5.22. The van der Waals surface area contributed by atoms with Crippen molar-refractivity contribution in [2.45, 2.75) is 17.6 Å². The molecule has 0 fully saturated rings. The third-order valence-corrected chi connectivity index (χ3v) is 3.95. The average molecular weight is 276 g/mol. The van der Waals surface area contributed by atoms with Crippen LogP contribution in [0.4, 0.5) is 4.39 Å². The average Bonchev–Trinajstić information content (AvgIpc) is 2.37. The third-order valence-electron chi connectivity index (χ3n) is 2.72. The largest absolute Gasteiger partial charge is 0.478 e. The summed E-state index contributed by atoms with van der Waals surface area (Å²) in [6.45, 7) is 1.93. The number of halogens is 1. The van der Waals surface area contributed by atoms with E-state index in [1.54, 1.807) is 24.3 Å². The van der Waals surface area contributed by atoms with Gasteiger partial charge in [-0.15, -0.1) is 11.8 Å². The van der Waals surface area contributed by atoms with Crippen molar-refractivity contribution in [3.63, 3.8) is 0 Å². The van der Waals surface area contributed by atoms with Crippen molar-refractivity contribution in [1.82, 2.24) is 0 Å². The molecule has 2 aromatic rings. The number of thioether (sulfide) groups is 1. The molecule has 0 atom stereocenters. The van der Waals surface area contributed by atoms with Crippen molar-refractivity contribution in [3.05, 3.63) is 65.0 Å². The summed E-state index contributed by atoms with van der Waals surface area (Å²) in [6, 6.07) is 11.5. The van der Waals surface area contributed by atoms with Gasteiger partial charge >= 0.3 is 5.97 Å². The minimum absolute atomic E-state index is 0.255. The van der Waals surface area contributed by atoms with Crippen LogP contribution in [-0.2, 0) is 5.75 Å². The zero-order valence-corrected chi connectivity index (χ0v) is 11.2. The van der Waals surface area contributed by atoms with E-state index in [9.17, 15) is 9.18 Å². The first-order chi connectivity index (χ1) is 9.06. The van der Waals surface area contributed by atoms with Crippen LogP contribution in [0.5, 0.6) is 0 Å². The minimum atomic E-state index is -0.937. The van der Waals surface area contributed by atoms with Gasteiger partial charge in [0.25, 0.3) is 0 Å². The van der Waals surface area contributed by atoms with E-state index >= 15 is 0 Å². The van der Waals surface area contributed by atoms with Gasteiger partial charge in [0.15, 0.2) is 0 Å². The fourth-order valence-corrected chi connectivity index (χ4v) is 2.68. The number of carbonyl (C=O) groups is 1. The molecule has 0 heterocycles. The topological polar surface area (TPSA) is 37.3 Å². The zero-order chi connectivity index (χ0) is 13.8. The van der Waals surface area contributed by atoms with Gasteiger partial charge in [-0.05, 0) is 42.3 Å². The molecule has 2 nitrogen and oxygen atoms in total. The molecule has 2 rings (SSSR count). The lowest BCUT2D eigenvalue weighted by Crippen LogP contribution is -1.96. The number of hydrogen-bond acceptors (Lipinski definition) is 2. The zero-order valence-electron chi connectivity index (χ0n) is 10.4. The van der Waals surface area contributed by atoms with E-state index in [2.05, 4.69) is 0 Å². The fourth-order valence-electron chi connectivity index (χ4n) is 1.68. The molecule has 0 bridgehead atoms. The molecule has 19 heavy (non-hydrogen) atoms. The lowest BCUT2D eigenvalue weighted by atomic mass is 10.1. The maximum Gasteiger partial charge on any atom is 0.335 e. The molecule has 1 N–H and O–H groups in total. The first kappa shape index (κ1) is 13.6. The fraction of sp³-hybridized carbons (Fsp3) is 0.133. The van der Waals surface area contributed by atoms with Gasteiger partial charge in [-0.1, -0.05) is 18.2 Å². The number of carboxylic acids is 1. The van der Waals surface area contributed by atoms with E-state index < -0.39 is 5.97 Å². The Morgan fingerprint density at radius 1 is 1.26 bits per heavy atom. The molecule has 0 unspecified atom stereocenters. The summed E-state index contributed by atoms with van der Waals surface area (Å²) < 4.78 is 13.1. The van der Waals surface area contributed by atoms with Crippen LogP contribution < -0.4 is 0 Å². The van der Waals surface area contributed by atoms with Crippen LogP contribution in [0.25, 0.3) is 0 Å². The van der Waals surface area contributed by atoms with Crippen molar-refractivity contribution >= 4 is 17.7 Å². The van der Waals surface area contributed by atoms with Gasteiger partial charge in [-0.25, -0.2) is 9.18 Å². The van der Waals surface area contributed by atoms with E-state index in [1.165, 1.54) is 23.9 Å². The van der Waals surface area contributed by atoms with Crippen molar-refractivity contribution in [1.29, 1.82) is 0 Å². The van der Waals surface area contributed by atoms with Crippen molar-refractivity contribution < 1.29 is 14.3 Å². The van der Waals surface area contributed by atoms with Crippen LogP contribution in [0.15, 0.2) is 47.4 Å². The summed E-state index contributed by atoms with van der Waals surface area (Å²) in [6.07, 6.45) is 0. The molecular weight excluding hydrogens is 263 g/mol. The molecule has 0 radical (unpaired) electrons. The van der Waals surface area contributed by atoms with Crippen molar-refractivity contribution in [3.8, 4) is 0 Å². The Morgan fingerprint density at radius 2 is 2.05 bits per heavy atom. The van der Waals surface area contributed by atoms with E-state index in [-0.39, 0.29) is 11.4 Å². The van der Waals surface area contributed by atoms with Gasteiger partial charge in [0.1, 0.15) is 5.82 Å². The highest BCUT2D eigenvalue weighted by Gasteiger charge is 2.07. The van der Waals surface area contributed by atoms with E-state index in [1.807, 2.05) is 13.0 Å². The van der Waals surface area contributed by atoms with Crippen molar-refractivity contribution in [2.24, 2.45) is 0 Å². The standard InChI is InChI=1S/C15H13FO2S/c1-10-5-6-12(15(17)18)8-14(10)19-9-11-3-2-4-13(16)7-11/h2-8H,9H2,1H3,(H,17,18). The number of aryl methyl sites for hydroxylation is 1. The number of hydrogen-bond donors (Lipinski definition) is 1. The second kappa shape index (κ2) is 5.89. The molecule has 0 aromatic heterocycles. The first-order valence-electron chi connectivity index (χ1n) is 5.77. The summed E-state index contributed by atoms with van der Waals surface area (Å²) in [5, 5.41) is 8.96. The molecule has 0 amide bonds. The molecule has 98 valence electrons. The van der Waals surface area contributed by atoms with Gasteiger partial charge in [0.2, 0.25) is 0 Å². The Kier molecular flexibility index (Phi) is 4.22. The van der Waals surface area contributed by atoms with Crippen LogP contribution in [0.2, 0.25) is 0 Å². The molecule has 0 aliphatic rings. The number of aromatic carboxylic acids is 1. The molecule has 0 saturated carbocycles. The Balaban J connectivity index is 2.15. The lowest BCUT2D eigenvalue weighted by molar-refractivity contribution is 0.0696. The van der Waals surface area contributed by atoms with Gasteiger partial charge in [0, 0.05) is 10.6 Å². The van der Waals surface area contributed by atoms with E-state index in [0.29, 0.717) is 5.75 Å². The molecule has 0 saturated heterocycles. The highest BCUT2D eigenvalue weighted by atomic mass is 32.2. The number of rotatable bonds is 4.